The standard InChI is InChI=1S/C24H19FN2O6.C10H12FNO2.C9H8BrNO4.CH4/c1-32-24(29)22(26-13-16-8-5-9-19(27(30)31)21(16)23(26)28)18-12-17(25)10-11-20(18)33-14-15-6-3-2-4-7-15;1-6-3-4-7(11)5-8(6)9(12)10(13)14-2;1-15-9(12)8-6(5-10)3-2-4-7(8)11(13)14;/h2-12,22H,13-14H2,1H3;3-5,9H,12H2,1-2H3;2-4H,5H2,1H3;1H4. The average Bonchev–Trinajstić information content (AvgIpc) is 3.61. The largest absolute Gasteiger partial charge is 0.489 e. The molecule has 0 aliphatic carbocycles. The van der Waals surface area contributed by atoms with Crippen LogP contribution in [0.3, 0.4) is 0 Å². The molecule has 2 N–H and O–H groups in total. The van der Waals surface area contributed by atoms with Crippen molar-refractivity contribution in [1.82, 2.24) is 4.90 Å². The van der Waals surface area contributed by atoms with E-state index in [-0.39, 0.29) is 54.4 Å². The third-order valence-electron chi connectivity index (χ3n) is 9.27. The predicted octanol–water partition coefficient (Wildman–Crippen LogP) is 8.40. The Morgan fingerprint density at radius 3 is 1.97 bits per heavy atom. The van der Waals surface area contributed by atoms with Crippen molar-refractivity contribution in [3.63, 3.8) is 0 Å². The number of amides is 1. The number of esters is 3. The number of halogens is 3. The molecule has 1 heterocycles. The predicted molar refractivity (Wildman–Crippen MR) is 229 cm³/mol. The van der Waals surface area contributed by atoms with E-state index in [0.29, 0.717) is 22.0 Å². The van der Waals surface area contributed by atoms with Crippen molar-refractivity contribution in [2.75, 3.05) is 21.3 Å². The maximum atomic E-state index is 14.3. The van der Waals surface area contributed by atoms with E-state index < -0.39 is 57.4 Å². The first kappa shape index (κ1) is 50.2. The molecule has 5 aromatic rings. The van der Waals surface area contributed by atoms with Crippen molar-refractivity contribution >= 4 is 51.1 Å². The first-order valence-electron chi connectivity index (χ1n) is 18.2. The van der Waals surface area contributed by atoms with Gasteiger partial charge in [0.15, 0.2) is 6.04 Å². The highest BCUT2D eigenvalue weighted by atomic mass is 79.9. The summed E-state index contributed by atoms with van der Waals surface area (Å²) < 4.78 is 46.9. The summed E-state index contributed by atoms with van der Waals surface area (Å²) in [5, 5.41) is 22.5. The third kappa shape index (κ3) is 12.3. The lowest BCUT2D eigenvalue weighted by molar-refractivity contribution is -0.385. The number of alkyl halides is 1. The molecular formula is C44H43BrF2N4O12. The van der Waals surface area contributed by atoms with Gasteiger partial charge in [-0.25, -0.2) is 18.4 Å². The lowest BCUT2D eigenvalue weighted by atomic mass is 10.0. The quantitative estimate of drug-likeness (QED) is 0.0409. The number of aryl methyl sites for hydroxylation is 1. The Morgan fingerprint density at radius 1 is 0.794 bits per heavy atom. The molecule has 0 fully saturated rings. The number of fused-ring (bicyclic) bond motifs is 1. The number of nitrogens with zero attached hydrogens (tertiary/aromatic N) is 3. The van der Waals surface area contributed by atoms with Gasteiger partial charge >= 0.3 is 17.9 Å². The summed E-state index contributed by atoms with van der Waals surface area (Å²) in [4.78, 5) is 70.5. The molecule has 0 radical (unpaired) electrons. The molecule has 1 amide bonds. The van der Waals surface area contributed by atoms with Gasteiger partial charge in [0.2, 0.25) is 0 Å². The maximum absolute atomic E-state index is 14.3. The Morgan fingerprint density at radius 2 is 1.38 bits per heavy atom. The molecule has 0 saturated carbocycles. The maximum Gasteiger partial charge on any atom is 0.345 e. The highest BCUT2D eigenvalue weighted by Gasteiger charge is 2.43. The van der Waals surface area contributed by atoms with Gasteiger partial charge < -0.3 is 29.6 Å². The molecule has 16 nitrogen and oxygen atoms in total. The average molecular weight is 938 g/mol. The van der Waals surface area contributed by atoms with E-state index >= 15 is 0 Å². The highest BCUT2D eigenvalue weighted by Crippen LogP contribution is 2.39. The number of rotatable bonds is 12. The molecule has 5 aromatic carbocycles. The van der Waals surface area contributed by atoms with Crippen molar-refractivity contribution in [2.45, 2.75) is 44.9 Å². The van der Waals surface area contributed by atoms with Crippen LogP contribution in [0.2, 0.25) is 0 Å². The second kappa shape index (κ2) is 23.2. The minimum atomic E-state index is -1.36. The zero-order valence-corrected chi connectivity index (χ0v) is 35.1. The number of hydrogen-bond donors (Lipinski definition) is 1. The Hall–Kier alpha value is -7.12. The number of carbonyl (C=O) groups is 4. The van der Waals surface area contributed by atoms with Gasteiger partial charge in [-0.1, -0.05) is 84.0 Å². The Balaban J connectivity index is 0.000000292. The van der Waals surface area contributed by atoms with E-state index in [9.17, 15) is 48.2 Å². The van der Waals surface area contributed by atoms with E-state index in [1.807, 2.05) is 30.3 Å². The Labute approximate surface area is 368 Å². The van der Waals surface area contributed by atoms with Crippen LogP contribution in [-0.4, -0.2) is 59.9 Å². The Bertz CT molecular complexity index is 2470. The summed E-state index contributed by atoms with van der Waals surface area (Å²) in [7, 11) is 3.59. The summed E-state index contributed by atoms with van der Waals surface area (Å²) >= 11 is 3.16. The van der Waals surface area contributed by atoms with E-state index in [1.54, 1.807) is 25.1 Å². The summed E-state index contributed by atoms with van der Waals surface area (Å²) in [5.41, 5.74) is 7.98. The third-order valence-corrected chi connectivity index (χ3v) is 9.88. The van der Waals surface area contributed by atoms with Gasteiger partial charge in [0.1, 0.15) is 41.2 Å². The fraction of sp³-hybridized carbons (Fsp3) is 0.227. The fourth-order valence-corrected chi connectivity index (χ4v) is 6.71. The van der Waals surface area contributed by atoms with Gasteiger partial charge in [-0.2, -0.15) is 0 Å². The zero-order chi connectivity index (χ0) is 45.7. The molecule has 2 unspecified atom stereocenters. The molecule has 0 bridgehead atoms. The zero-order valence-electron chi connectivity index (χ0n) is 33.5. The summed E-state index contributed by atoms with van der Waals surface area (Å²) in [5.74, 6) is -3.67. The minimum Gasteiger partial charge on any atom is -0.489 e. The van der Waals surface area contributed by atoms with Gasteiger partial charge in [-0.15, -0.1) is 0 Å². The van der Waals surface area contributed by atoms with Gasteiger partial charge in [-0.3, -0.25) is 29.8 Å². The van der Waals surface area contributed by atoms with Crippen molar-refractivity contribution in [3.05, 3.63) is 179 Å². The monoisotopic (exact) mass is 936 g/mol. The second-order valence-electron chi connectivity index (χ2n) is 13.1. The van der Waals surface area contributed by atoms with Gasteiger partial charge in [0.25, 0.3) is 17.3 Å². The normalized spacial score (nSPS) is 12.1. The number of nitro groups is 2. The molecule has 6 rings (SSSR count). The lowest BCUT2D eigenvalue weighted by Gasteiger charge is -2.27. The smallest absolute Gasteiger partial charge is 0.345 e. The number of nitrogens with two attached hydrogens (primary N) is 1. The second-order valence-corrected chi connectivity index (χ2v) is 13.6. The SMILES string of the molecule is C.COC(=O)C(N)c1cc(F)ccc1C.COC(=O)C(c1cc(F)ccc1OCc1ccccc1)N1Cc2cccc([N+](=O)[O-])c2C1=O.COC(=O)c1c(CBr)cccc1[N+](=O)[O-]. The van der Waals surface area contributed by atoms with Crippen LogP contribution in [0.4, 0.5) is 20.2 Å². The highest BCUT2D eigenvalue weighted by molar-refractivity contribution is 9.08. The lowest BCUT2D eigenvalue weighted by Crippen LogP contribution is -2.35. The van der Waals surface area contributed by atoms with Crippen LogP contribution in [0.25, 0.3) is 0 Å². The number of ether oxygens (including phenoxy) is 4. The van der Waals surface area contributed by atoms with Crippen LogP contribution in [0.5, 0.6) is 5.75 Å². The van der Waals surface area contributed by atoms with Crippen LogP contribution in [0.15, 0.2) is 103 Å². The minimum absolute atomic E-state index is 0. The van der Waals surface area contributed by atoms with Crippen molar-refractivity contribution in [1.29, 1.82) is 0 Å². The molecule has 332 valence electrons. The molecular weight excluding hydrogens is 894 g/mol. The van der Waals surface area contributed by atoms with Crippen LogP contribution >= 0.6 is 15.9 Å². The van der Waals surface area contributed by atoms with Crippen LogP contribution in [-0.2, 0) is 42.3 Å². The van der Waals surface area contributed by atoms with Crippen molar-refractivity contribution < 1.29 is 56.8 Å². The number of hydrogen-bond acceptors (Lipinski definition) is 13. The van der Waals surface area contributed by atoms with Gasteiger partial charge in [0, 0.05) is 29.6 Å². The number of benzene rings is 5. The number of carbonyl (C=O) groups excluding carboxylic acids is 4. The molecule has 1 aliphatic heterocycles. The molecule has 0 spiro atoms. The number of methoxy groups -OCH3 is 3. The van der Waals surface area contributed by atoms with E-state index in [2.05, 4.69) is 25.4 Å². The topological polar surface area (TPSA) is 221 Å². The molecule has 63 heavy (non-hydrogen) atoms. The Kier molecular flexibility index (Phi) is 18.5. The summed E-state index contributed by atoms with van der Waals surface area (Å²) in [6.45, 7) is 1.83. The first-order chi connectivity index (χ1) is 29.6. The van der Waals surface area contributed by atoms with Crippen LogP contribution in [0.1, 0.15) is 73.6 Å². The van der Waals surface area contributed by atoms with E-state index in [1.165, 1.54) is 62.8 Å². The van der Waals surface area contributed by atoms with Gasteiger partial charge in [0.05, 0.1) is 31.2 Å². The summed E-state index contributed by atoms with van der Waals surface area (Å²) in [6, 6.07) is 23.5. The van der Waals surface area contributed by atoms with Crippen LogP contribution in [0, 0.1) is 38.8 Å². The molecule has 1 aliphatic rings. The van der Waals surface area contributed by atoms with Crippen LogP contribution < -0.4 is 10.5 Å². The van der Waals surface area contributed by atoms with E-state index in [4.69, 9.17) is 15.2 Å². The first-order valence-corrected chi connectivity index (χ1v) is 19.3. The fourth-order valence-electron chi connectivity index (χ4n) is 6.25. The molecule has 2 atom stereocenters. The summed E-state index contributed by atoms with van der Waals surface area (Å²) in [6.07, 6.45) is 0. The number of nitro benzene ring substituents is 2. The molecule has 0 saturated heterocycles. The van der Waals surface area contributed by atoms with Crippen molar-refractivity contribution in [3.8, 4) is 5.75 Å². The molecule has 19 heteroatoms. The van der Waals surface area contributed by atoms with Gasteiger partial charge in [-0.05, 0) is 65.1 Å². The van der Waals surface area contributed by atoms with Crippen molar-refractivity contribution in [2.24, 2.45) is 5.73 Å². The molecule has 0 aromatic heterocycles. The van der Waals surface area contributed by atoms with E-state index in [0.717, 1.165) is 29.2 Å².